The maximum atomic E-state index is 13.4. The first kappa shape index (κ1) is 61.3. The van der Waals surface area contributed by atoms with Crippen molar-refractivity contribution in [2.45, 2.75) is 130 Å². The smallest absolute Gasteiger partial charge is 0.150 e. The zero-order valence-corrected chi connectivity index (χ0v) is 55.5. The summed E-state index contributed by atoms with van der Waals surface area (Å²) in [4.78, 5) is 0. The maximum Gasteiger partial charge on any atom is 0.150 e. The van der Waals surface area contributed by atoms with E-state index < -0.39 is 24.4 Å². The van der Waals surface area contributed by atoms with Gasteiger partial charge >= 0.3 is 0 Å². The van der Waals surface area contributed by atoms with E-state index in [9.17, 15) is 5.11 Å². The summed E-state index contributed by atoms with van der Waals surface area (Å²) in [6, 6.07) is 83.4. The lowest BCUT2D eigenvalue weighted by atomic mass is 9.79. The highest BCUT2D eigenvalue weighted by Gasteiger charge is 2.33. The molecule has 0 heterocycles. The number of hydrogen-bond acceptors (Lipinski definition) is 4. The molecule has 0 aliphatic heterocycles. The second kappa shape index (κ2) is 25.4. The molecule has 1 aliphatic carbocycles. The average Bonchev–Trinajstić information content (AvgIpc) is 1.39. The molecule has 11 rings (SSSR count). The first-order valence-corrected chi connectivity index (χ1v) is 34.4. The minimum atomic E-state index is -1.40. The Morgan fingerprint density at radius 1 is 0.253 bits per heavy atom. The lowest BCUT2D eigenvalue weighted by molar-refractivity contribution is 0.461. The molecule has 0 saturated heterocycles. The third-order valence-electron chi connectivity index (χ3n) is 16.5. The minimum Gasteiger partial charge on any atom is -0.507 e. The summed E-state index contributed by atoms with van der Waals surface area (Å²) < 4.78 is 23.9. The summed E-state index contributed by atoms with van der Waals surface area (Å²) in [6.07, 6.45) is 1.85. The number of phenols is 1. The molecule has 442 valence electrons. The summed E-state index contributed by atoms with van der Waals surface area (Å²) >= 11 is 0. The van der Waals surface area contributed by atoms with Crippen molar-refractivity contribution in [1.82, 2.24) is 0 Å². The van der Waals surface area contributed by atoms with E-state index in [0.717, 1.165) is 99.1 Å². The highest BCUT2D eigenvalue weighted by Crippen LogP contribution is 2.51. The molecule has 1 N–H and O–H groups in total. The second-order valence-corrected chi connectivity index (χ2v) is 32.8. The molecule has 0 spiro atoms. The molecule has 1 aliphatic rings. The fraction of sp³-hybridized carbons (Fsp3) is 0.250. The molecule has 7 heteroatoms. The van der Waals surface area contributed by atoms with Crippen molar-refractivity contribution in [2.75, 3.05) is 0 Å². The number of phenolic OH excluding ortho intramolecular Hbond substituents is 1. The number of rotatable bonds is 12. The molecule has 0 amide bonds. The highest BCUT2D eigenvalue weighted by atomic mass is 31.1. The van der Waals surface area contributed by atoms with Crippen LogP contribution in [0.15, 0.2) is 231 Å². The monoisotopic (exact) mass is 1200 g/mol. The van der Waals surface area contributed by atoms with Crippen molar-refractivity contribution in [2.24, 2.45) is 0 Å². The molecular formula is C80H83O4P3. The van der Waals surface area contributed by atoms with E-state index in [4.69, 9.17) is 13.6 Å². The second-order valence-electron chi connectivity index (χ2n) is 27.4. The van der Waals surface area contributed by atoms with Gasteiger partial charge in [-0.15, -0.1) is 0 Å². The Morgan fingerprint density at radius 2 is 0.414 bits per heavy atom. The third kappa shape index (κ3) is 14.2. The van der Waals surface area contributed by atoms with E-state index in [0.29, 0.717) is 31.4 Å². The first-order valence-electron chi connectivity index (χ1n) is 30.6. The van der Waals surface area contributed by atoms with Gasteiger partial charge in [-0.05, 0) is 88.4 Å². The average molecular weight is 1200 g/mol. The van der Waals surface area contributed by atoms with Gasteiger partial charge in [-0.1, -0.05) is 314 Å². The van der Waals surface area contributed by atoms with Gasteiger partial charge in [0.1, 0.15) is 23.0 Å². The van der Waals surface area contributed by atoms with Crippen molar-refractivity contribution >= 4 is 56.3 Å². The number of hydrogen-bond donors (Lipinski definition) is 1. The quantitative estimate of drug-likeness (QED) is 0.124. The molecule has 0 radical (unpaired) electrons. The largest absolute Gasteiger partial charge is 0.507 e. The van der Waals surface area contributed by atoms with Gasteiger partial charge in [0, 0.05) is 57.5 Å². The zero-order chi connectivity index (χ0) is 61.3. The highest BCUT2D eigenvalue weighted by molar-refractivity contribution is 7.69. The minimum absolute atomic E-state index is 0.248. The molecule has 10 aromatic rings. The number of benzene rings is 10. The van der Waals surface area contributed by atoms with E-state index >= 15 is 0 Å². The molecular weight excluding hydrogens is 1120 g/mol. The van der Waals surface area contributed by atoms with Crippen LogP contribution in [0.1, 0.15) is 150 Å². The zero-order valence-electron chi connectivity index (χ0n) is 52.8. The van der Waals surface area contributed by atoms with Crippen LogP contribution >= 0.6 is 24.4 Å². The van der Waals surface area contributed by atoms with Crippen molar-refractivity contribution in [3.63, 3.8) is 0 Å². The van der Waals surface area contributed by atoms with Crippen LogP contribution in [-0.4, -0.2) is 5.11 Å². The molecule has 0 unspecified atom stereocenters. The summed E-state index contributed by atoms with van der Waals surface area (Å²) in [5, 5.41) is 20.1. The van der Waals surface area contributed by atoms with Gasteiger partial charge in [-0.2, -0.15) is 0 Å². The summed E-state index contributed by atoms with van der Waals surface area (Å²) in [7, 11) is -4.18. The van der Waals surface area contributed by atoms with Gasteiger partial charge in [0.2, 0.25) is 0 Å². The van der Waals surface area contributed by atoms with E-state index in [1.54, 1.807) is 0 Å². The first-order chi connectivity index (χ1) is 41.5. The van der Waals surface area contributed by atoms with Crippen LogP contribution in [0.25, 0.3) is 0 Å². The molecule has 0 fully saturated rings. The molecule has 0 saturated carbocycles. The fourth-order valence-electron chi connectivity index (χ4n) is 11.4. The lowest BCUT2D eigenvalue weighted by Gasteiger charge is -2.31. The maximum absolute atomic E-state index is 13.4. The molecule has 10 aromatic carbocycles. The van der Waals surface area contributed by atoms with Crippen LogP contribution in [0.2, 0.25) is 0 Å². The van der Waals surface area contributed by atoms with Gasteiger partial charge in [0.25, 0.3) is 0 Å². The summed E-state index contributed by atoms with van der Waals surface area (Å²) in [5.41, 5.74) is 11.8. The predicted molar refractivity (Wildman–Crippen MR) is 373 cm³/mol. The molecule has 0 aromatic heterocycles. The molecule has 8 bridgehead atoms. The van der Waals surface area contributed by atoms with Crippen LogP contribution in [0, 0.1) is 0 Å². The SMILES string of the molecule is CC(C)(C)c1cc2c(O)c(c1)Cc1cc(C(C)(C)C)cc(c1OP(c1ccccc1)c1ccccc1)Cc1cc(C(C)(C)C)cc(c1OP(c1ccccc1)c1ccccc1)Cc1cc(C(C)(C)C)cc(c1OP(c1ccccc1)c1ccccc1)C2. The Bertz CT molecular complexity index is 3670. The van der Waals surface area contributed by atoms with Crippen molar-refractivity contribution in [1.29, 1.82) is 0 Å². The number of aromatic hydroxyl groups is 1. The van der Waals surface area contributed by atoms with E-state index in [1.165, 1.54) is 16.7 Å². The summed E-state index contributed by atoms with van der Waals surface area (Å²) in [5.74, 6) is 2.84. The van der Waals surface area contributed by atoms with Gasteiger partial charge in [-0.25, -0.2) is 0 Å². The Morgan fingerprint density at radius 3 is 0.586 bits per heavy atom. The Labute approximate surface area is 522 Å². The third-order valence-corrected chi connectivity index (χ3v) is 22.2. The molecule has 4 nitrogen and oxygen atoms in total. The van der Waals surface area contributed by atoms with Crippen LogP contribution in [-0.2, 0) is 47.3 Å². The van der Waals surface area contributed by atoms with Crippen LogP contribution in [0.3, 0.4) is 0 Å². The van der Waals surface area contributed by atoms with Gasteiger partial charge in [0.05, 0.1) is 0 Å². The standard InChI is InChI=1S/C80H83O4P3/c1-77(2,3)63-47-55-43-57-49-64(78(4,5)6)51-59(74(57)82-85(67-31-19-13-20-32-67)68-33-21-14-22-34-68)45-61-53-66(80(10,11)12)54-62(76(61)84-87(71-39-27-17-28-40-71)72-41-29-18-30-42-72)46-60-52-65(79(7,8)9)50-58(44-56(48-63)73(55)81)75(60)83-86(69-35-23-15-24-36-69)70-37-25-16-26-38-70/h13-42,47-54,81H,43-46H2,1-12H3. The fourth-order valence-corrected chi connectivity index (χ4v) is 16.8. The van der Waals surface area contributed by atoms with Gasteiger partial charge in [-0.3, -0.25) is 0 Å². The number of fused-ring (bicyclic) bond motifs is 8. The van der Waals surface area contributed by atoms with Gasteiger partial charge < -0.3 is 18.7 Å². The van der Waals surface area contributed by atoms with Crippen LogP contribution < -0.4 is 45.4 Å². The van der Waals surface area contributed by atoms with Crippen LogP contribution in [0.4, 0.5) is 0 Å². The predicted octanol–water partition coefficient (Wildman–Crippen LogP) is 18.5. The van der Waals surface area contributed by atoms with E-state index in [-0.39, 0.29) is 21.7 Å². The Balaban J connectivity index is 1.27. The lowest BCUT2D eigenvalue weighted by Crippen LogP contribution is -2.20. The van der Waals surface area contributed by atoms with Crippen molar-refractivity contribution in [3.8, 4) is 23.0 Å². The van der Waals surface area contributed by atoms with Crippen molar-refractivity contribution in [3.05, 3.63) is 297 Å². The Kier molecular flexibility index (Phi) is 17.9. The molecule has 87 heavy (non-hydrogen) atoms. The van der Waals surface area contributed by atoms with Gasteiger partial charge in [0.15, 0.2) is 24.4 Å². The van der Waals surface area contributed by atoms with E-state index in [1.807, 2.05) is 0 Å². The van der Waals surface area contributed by atoms with Crippen LogP contribution in [0.5, 0.6) is 23.0 Å². The molecule has 0 atom stereocenters. The van der Waals surface area contributed by atoms with Crippen molar-refractivity contribution < 1.29 is 18.7 Å². The topological polar surface area (TPSA) is 47.9 Å². The Hall–Kier alpha value is -7.31. The summed E-state index contributed by atoms with van der Waals surface area (Å²) in [6.45, 7) is 27.6. The normalized spacial score (nSPS) is 13.0. The van der Waals surface area contributed by atoms with E-state index in [2.05, 4.69) is 314 Å².